The van der Waals surface area contributed by atoms with E-state index in [-0.39, 0.29) is 15.6 Å². The summed E-state index contributed by atoms with van der Waals surface area (Å²) in [5.41, 5.74) is 0.471. The molecule has 8 heteroatoms. The summed E-state index contributed by atoms with van der Waals surface area (Å²) in [6.07, 6.45) is 0. The van der Waals surface area contributed by atoms with Gasteiger partial charge in [0.1, 0.15) is 0 Å². The van der Waals surface area contributed by atoms with Crippen molar-refractivity contribution in [1.29, 1.82) is 0 Å². The Hall–Kier alpha value is -1.27. The van der Waals surface area contributed by atoms with E-state index in [1.54, 1.807) is 18.2 Å². The highest BCUT2D eigenvalue weighted by molar-refractivity contribution is 9.10. The smallest absolute Gasteiger partial charge is 0.308 e. The second-order valence-corrected chi connectivity index (χ2v) is 6.21. The van der Waals surface area contributed by atoms with Crippen LogP contribution in [0.25, 0.3) is 0 Å². The van der Waals surface area contributed by atoms with Crippen LogP contribution in [-0.2, 0) is 0 Å². The van der Waals surface area contributed by atoms with Gasteiger partial charge in [-0.05, 0) is 46.3 Å². The summed E-state index contributed by atoms with van der Waals surface area (Å²) in [4.78, 5) is 23.9. The van der Waals surface area contributed by atoms with Crippen molar-refractivity contribution in [2.45, 2.75) is 0 Å². The lowest BCUT2D eigenvalue weighted by Crippen LogP contribution is -2.34. The second-order valence-electron chi connectivity index (χ2n) is 4.13. The molecule has 2 aromatic carbocycles. The van der Waals surface area contributed by atoms with Crippen molar-refractivity contribution < 1.29 is 9.59 Å². The Labute approximate surface area is 149 Å². The Bertz CT molecular complexity index is 733. The summed E-state index contributed by atoms with van der Waals surface area (Å²) in [5.74, 6) is -0.698. The molecule has 22 heavy (non-hydrogen) atoms. The second kappa shape index (κ2) is 7.33. The number of anilines is 1. The lowest BCUT2D eigenvalue weighted by atomic mass is 10.2. The minimum absolute atomic E-state index is 0.0369. The maximum Gasteiger partial charge on any atom is 0.326 e. The van der Waals surface area contributed by atoms with E-state index >= 15 is 0 Å². The molecule has 0 unspecified atom stereocenters. The highest BCUT2D eigenvalue weighted by Crippen LogP contribution is 2.26. The van der Waals surface area contributed by atoms with Crippen molar-refractivity contribution in [3.8, 4) is 0 Å². The van der Waals surface area contributed by atoms with Gasteiger partial charge in [-0.25, -0.2) is 4.79 Å². The van der Waals surface area contributed by atoms with Crippen LogP contribution in [0.4, 0.5) is 10.5 Å². The SMILES string of the molecule is O=C(NC(=O)c1c(Cl)cccc1Cl)Nc1ccc(Br)c(Cl)c1. The summed E-state index contributed by atoms with van der Waals surface area (Å²) < 4.78 is 0.694. The molecule has 2 rings (SSSR count). The number of carbonyl (C=O) groups is 2. The first-order chi connectivity index (χ1) is 10.4. The molecular weight excluding hydrogens is 414 g/mol. The molecule has 0 saturated carbocycles. The van der Waals surface area contributed by atoms with Gasteiger partial charge in [0.2, 0.25) is 0 Å². The summed E-state index contributed by atoms with van der Waals surface area (Å²) in [6, 6.07) is 8.74. The van der Waals surface area contributed by atoms with Crippen LogP contribution in [0.2, 0.25) is 15.1 Å². The molecule has 0 spiro atoms. The van der Waals surface area contributed by atoms with Gasteiger partial charge in [-0.3, -0.25) is 10.1 Å². The van der Waals surface area contributed by atoms with E-state index < -0.39 is 11.9 Å². The number of hydrogen-bond acceptors (Lipinski definition) is 2. The molecule has 3 amide bonds. The Balaban J connectivity index is 2.08. The van der Waals surface area contributed by atoms with Gasteiger partial charge in [-0.1, -0.05) is 40.9 Å². The van der Waals surface area contributed by atoms with Gasteiger partial charge in [0.05, 0.1) is 20.6 Å². The lowest BCUT2D eigenvalue weighted by molar-refractivity contribution is 0.0967. The third kappa shape index (κ3) is 4.14. The average Bonchev–Trinajstić information content (AvgIpc) is 2.42. The average molecular weight is 422 g/mol. The number of urea groups is 1. The summed E-state index contributed by atoms with van der Waals surface area (Å²) in [5, 5.41) is 5.38. The maximum absolute atomic E-state index is 12.0. The zero-order chi connectivity index (χ0) is 16.3. The summed E-state index contributed by atoms with van der Waals surface area (Å²) >= 11 is 21.0. The molecule has 0 atom stereocenters. The molecular formula is C14H8BrCl3N2O2. The molecule has 0 heterocycles. The minimum Gasteiger partial charge on any atom is -0.308 e. The van der Waals surface area contributed by atoms with Gasteiger partial charge in [0, 0.05) is 10.2 Å². The predicted molar refractivity (Wildman–Crippen MR) is 92.1 cm³/mol. The van der Waals surface area contributed by atoms with Gasteiger partial charge in [0.15, 0.2) is 0 Å². The Morgan fingerprint density at radius 3 is 2.18 bits per heavy atom. The van der Waals surface area contributed by atoms with Crippen molar-refractivity contribution in [1.82, 2.24) is 5.32 Å². The normalized spacial score (nSPS) is 10.2. The van der Waals surface area contributed by atoms with Crippen molar-refractivity contribution in [3.63, 3.8) is 0 Å². The number of rotatable bonds is 2. The van der Waals surface area contributed by atoms with E-state index in [4.69, 9.17) is 34.8 Å². The van der Waals surface area contributed by atoms with Crippen LogP contribution in [-0.4, -0.2) is 11.9 Å². The highest BCUT2D eigenvalue weighted by Gasteiger charge is 2.17. The fourth-order valence-corrected chi connectivity index (χ4v) is 2.61. The summed E-state index contributed by atoms with van der Waals surface area (Å²) in [6.45, 7) is 0. The van der Waals surface area contributed by atoms with Crippen LogP contribution in [0.15, 0.2) is 40.9 Å². The molecule has 0 aliphatic heterocycles. The van der Waals surface area contributed by atoms with Crippen LogP contribution >= 0.6 is 50.7 Å². The third-order valence-electron chi connectivity index (χ3n) is 2.59. The summed E-state index contributed by atoms with van der Waals surface area (Å²) in [7, 11) is 0. The van der Waals surface area contributed by atoms with Crippen LogP contribution in [0.1, 0.15) is 10.4 Å². The molecule has 2 aromatic rings. The lowest BCUT2D eigenvalue weighted by Gasteiger charge is -2.09. The number of imide groups is 1. The van der Waals surface area contributed by atoms with E-state index in [2.05, 4.69) is 26.6 Å². The standard InChI is InChI=1S/C14H8BrCl3N2O2/c15-8-5-4-7(6-11(8)18)19-14(22)20-13(21)12-9(16)2-1-3-10(12)17/h1-6H,(H2,19,20,21,22). The minimum atomic E-state index is -0.723. The fraction of sp³-hybridized carbons (Fsp3) is 0. The van der Waals surface area contributed by atoms with E-state index in [9.17, 15) is 9.59 Å². The van der Waals surface area contributed by atoms with Crippen LogP contribution < -0.4 is 10.6 Å². The Kier molecular flexibility index (Phi) is 5.69. The van der Waals surface area contributed by atoms with Gasteiger partial charge in [0.25, 0.3) is 5.91 Å². The van der Waals surface area contributed by atoms with Crippen LogP contribution in [0, 0.1) is 0 Å². The van der Waals surface area contributed by atoms with Gasteiger partial charge in [-0.15, -0.1) is 0 Å². The monoisotopic (exact) mass is 420 g/mol. The molecule has 0 fully saturated rings. The molecule has 114 valence electrons. The number of amides is 3. The molecule has 0 aliphatic rings. The van der Waals surface area contributed by atoms with Crippen molar-refractivity contribution >= 4 is 68.4 Å². The largest absolute Gasteiger partial charge is 0.326 e. The molecule has 0 aliphatic carbocycles. The molecule has 4 nitrogen and oxygen atoms in total. The molecule has 0 bridgehead atoms. The zero-order valence-corrected chi connectivity index (χ0v) is 14.6. The third-order valence-corrected chi connectivity index (χ3v) is 4.46. The van der Waals surface area contributed by atoms with Gasteiger partial charge >= 0.3 is 6.03 Å². The molecule has 0 aromatic heterocycles. The number of nitrogens with one attached hydrogen (secondary N) is 2. The first-order valence-corrected chi connectivity index (χ1v) is 7.82. The maximum atomic E-state index is 12.0. The fourth-order valence-electron chi connectivity index (χ4n) is 1.62. The number of benzene rings is 2. The van der Waals surface area contributed by atoms with E-state index in [0.717, 1.165) is 0 Å². The predicted octanol–water partition coefficient (Wildman–Crippen LogP) is 5.37. The van der Waals surface area contributed by atoms with Gasteiger partial charge in [-0.2, -0.15) is 0 Å². The number of halogens is 4. The number of carbonyl (C=O) groups excluding carboxylic acids is 2. The van der Waals surface area contributed by atoms with Crippen molar-refractivity contribution in [2.75, 3.05) is 5.32 Å². The Morgan fingerprint density at radius 1 is 0.955 bits per heavy atom. The van der Waals surface area contributed by atoms with Crippen molar-refractivity contribution in [3.05, 3.63) is 61.5 Å². The molecule has 2 N–H and O–H groups in total. The highest BCUT2D eigenvalue weighted by atomic mass is 79.9. The Morgan fingerprint density at radius 2 is 1.59 bits per heavy atom. The van der Waals surface area contributed by atoms with Gasteiger partial charge < -0.3 is 5.32 Å². The first-order valence-electron chi connectivity index (χ1n) is 5.90. The van der Waals surface area contributed by atoms with E-state index in [0.29, 0.717) is 15.2 Å². The first kappa shape index (κ1) is 17.1. The van der Waals surface area contributed by atoms with E-state index in [1.165, 1.54) is 18.2 Å². The molecule has 0 saturated heterocycles. The van der Waals surface area contributed by atoms with Crippen molar-refractivity contribution in [2.24, 2.45) is 0 Å². The van der Waals surface area contributed by atoms with Crippen LogP contribution in [0.3, 0.4) is 0 Å². The zero-order valence-electron chi connectivity index (χ0n) is 10.8. The quantitative estimate of drug-likeness (QED) is 0.684. The molecule has 0 radical (unpaired) electrons. The van der Waals surface area contributed by atoms with Crippen LogP contribution in [0.5, 0.6) is 0 Å². The topological polar surface area (TPSA) is 58.2 Å². The van der Waals surface area contributed by atoms with E-state index in [1.807, 2.05) is 0 Å². The number of hydrogen-bond donors (Lipinski definition) is 2.